The summed E-state index contributed by atoms with van der Waals surface area (Å²) in [5.74, 6) is 0. The number of halogens is 1. The third-order valence-electron chi connectivity index (χ3n) is 2.94. The Labute approximate surface area is 105 Å². The van der Waals surface area contributed by atoms with E-state index in [1.807, 2.05) is 39.1 Å². The van der Waals surface area contributed by atoms with E-state index in [1.54, 1.807) is 0 Å². The van der Waals surface area contributed by atoms with Crippen molar-refractivity contribution >= 4 is 21.6 Å². The maximum atomic E-state index is 9.28. The van der Waals surface area contributed by atoms with Gasteiger partial charge in [-0.05, 0) is 38.6 Å². The predicted octanol–water partition coefficient (Wildman–Crippen LogP) is 2.23. The van der Waals surface area contributed by atoms with Gasteiger partial charge in [0.2, 0.25) is 0 Å². The molecule has 0 heterocycles. The van der Waals surface area contributed by atoms with Crippen molar-refractivity contribution in [1.29, 1.82) is 0 Å². The zero-order valence-electron chi connectivity index (χ0n) is 10.00. The second-order valence-electron chi connectivity index (χ2n) is 4.67. The molecule has 0 unspecified atom stereocenters. The van der Waals surface area contributed by atoms with Crippen molar-refractivity contribution in [1.82, 2.24) is 4.90 Å². The predicted molar refractivity (Wildman–Crippen MR) is 71.2 cm³/mol. The van der Waals surface area contributed by atoms with E-state index in [0.717, 1.165) is 22.3 Å². The van der Waals surface area contributed by atoms with Gasteiger partial charge in [-0.2, -0.15) is 0 Å². The first-order valence-electron chi connectivity index (χ1n) is 5.23. The molecule has 1 aromatic carbocycles. The zero-order chi connectivity index (χ0) is 12.3. The molecule has 0 aliphatic carbocycles. The molecular weight excluding hydrogens is 268 g/mol. The molecule has 3 N–H and O–H groups in total. The van der Waals surface area contributed by atoms with Crippen LogP contribution in [0.4, 0.5) is 5.69 Å². The number of nitrogens with zero attached hydrogens (tertiary/aromatic N) is 1. The first kappa shape index (κ1) is 13.5. The Morgan fingerprint density at radius 1 is 1.44 bits per heavy atom. The summed E-state index contributed by atoms with van der Waals surface area (Å²) in [6.07, 6.45) is 0. The van der Waals surface area contributed by atoms with Crippen LogP contribution < -0.4 is 5.73 Å². The number of likely N-dealkylation sites (N-methyl/N-ethyl adjacent to an activating group) is 1. The highest BCUT2D eigenvalue weighted by atomic mass is 79.9. The van der Waals surface area contributed by atoms with Crippen molar-refractivity contribution in [3.8, 4) is 0 Å². The Kier molecular flexibility index (Phi) is 4.35. The van der Waals surface area contributed by atoms with Crippen molar-refractivity contribution in [2.24, 2.45) is 0 Å². The molecular formula is C12H19BrN2O. The molecule has 16 heavy (non-hydrogen) atoms. The zero-order valence-corrected chi connectivity index (χ0v) is 11.6. The van der Waals surface area contributed by atoms with Gasteiger partial charge in [-0.1, -0.05) is 22.0 Å². The van der Waals surface area contributed by atoms with E-state index >= 15 is 0 Å². The van der Waals surface area contributed by atoms with Crippen LogP contribution in [0.25, 0.3) is 0 Å². The molecule has 3 nitrogen and oxygen atoms in total. The van der Waals surface area contributed by atoms with Gasteiger partial charge in [-0.25, -0.2) is 0 Å². The molecule has 4 heteroatoms. The molecule has 90 valence electrons. The third-order valence-corrected chi connectivity index (χ3v) is 3.43. The number of benzene rings is 1. The molecule has 0 saturated heterocycles. The molecule has 0 aliphatic rings. The normalized spacial score (nSPS) is 12.1. The summed E-state index contributed by atoms with van der Waals surface area (Å²) in [7, 11) is 1.98. The number of hydrogen-bond acceptors (Lipinski definition) is 3. The topological polar surface area (TPSA) is 49.5 Å². The van der Waals surface area contributed by atoms with Crippen LogP contribution in [-0.4, -0.2) is 29.2 Å². The second kappa shape index (κ2) is 5.17. The van der Waals surface area contributed by atoms with Crippen LogP contribution in [0.1, 0.15) is 19.4 Å². The van der Waals surface area contributed by atoms with Crippen molar-refractivity contribution < 1.29 is 5.11 Å². The van der Waals surface area contributed by atoms with Crippen LogP contribution >= 0.6 is 15.9 Å². The Bertz CT molecular complexity index is 366. The molecule has 1 rings (SSSR count). The minimum Gasteiger partial charge on any atom is -0.398 e. The van der Waals surface area contributed by atoms with E-state index in [2.05, 4.69) is 20.8 Å². The lowest BCUT2D eigenvalue weighted by molar-refractivity contribution is 0.0735. The van der Waals surface area contributed by atoms with Crippen molar-refractivity contribution in [2.45, 2.75) is 25.9 Å². The number of anilines is 1. The summed E-state index contributed by atoms with van der Waals surface area (Å²) in [5.41, 5.74) is 7.55. The molecule has 0 amide bonds. The fraction of sp³-hybridized carbons (Fsp3) is 0.500. The molecule has 0 aromatic heterocycles. The van der Waals surface area contributed by atoms with Gasteiger partial charge >= 0.3 is 0 Å². The molecule has 0 spiro atoms. The summed E-state index contributed by atoms with van der Waals surface area (Å²) in [6, 6.07) is 5.88. The molecule has 0 saturated carbocycles. The van der Waals surface area contributed by atoms with Gasteiger partial charge in [0.15, 0.2) is 0 Å². The summed E-state index contributed by atoms with van der Waals surface area (Å²) >= 11 is 3.38. The first-order chi connectivity index (χ1) is 7.36. The van der Waals surface area contributed by atoms with Gasteiger partial charge in [-0.3, -0.25) is 4.90 Å². The fourth-order valence-electron chi connectivity index (χ4n) is 1.30. The van der Waals surface area contributed by atoms with E-state index in [-0.39, 0.29) is 12.1 Å². The van der Waals surface area contributed by atoms with Gasteiger partial charge in [0.25, 0.3) is 0 Å². The summed E-state index contributed by atoms with van der Waals surface area (Å²) in [5, 5.41) is 9.28. The van der Waals surface area contributed by atoms with E-state index in [0.29, 0.717) is 0 Å². The van der Waals surface area contributed by atoms with Crippen molar-refractivity contribution in [3.05, 3.63) is 28.2 Å². The number of nitrogens with two attached hydrogens (primary N) is 1. The summed E-state index contributed by atoms with van der Waals surface area (Å²) in [6.45, 7) is 4.86. The third kappa shape index (κ3) is 3.20. The number of hydrogen-bond donors (Lipinski definition) is 2. The smallest absolute Gasteiger partial charge is 0.0610 e. The lowest BCUT2D eigenvalue weighted by Gasteiger charge is -2.34. The number of aliphatic hydroxyl groups excluding tert-OH is 1. The highest BCUT2D eigenvalue weighted by Crippen LogP contribution is 2.22. The maximum absolute atomic E-state index is 9.28. The molecule has 0 bridgehead atoms. The van der Waals surface area contributed by atoms with E-state index in [1.165, 1.54) is 0 Å². The molecule has 0 radical (unpaired) electrons. The average Bonchev–Trinajstić information content (AvgIpc) is 2.22. The maximum Gasteiger partial charge on any atom is 0.0610 e. The average molecular weight is 287 g/mol. The largest absolute Gasteiger partial charge is 0.398 e. The number of nitrogen functional groups attached to an aromatic ring is 1. The molecule has 0 aliphatic heterocycles. The monoisotopic (exact) mass is 286 g/mol. The van der Waals surface area contributed by atoms with E-state index in [9.17, 15) is 5.11 Å². The molecule has 0 fully saturated rings. The standard InChI is InChI=1S/C12H19BrN2O/c1-12(2,8-16)15(3)7-9-4-5-10(13)6-11(9)14/h4-6,16H,7-8,14H2,1-3H3. The SMILES string of the molecule is CN(Cc1ccc(Br)cc1N)C(C)(C)CO. The lowest BCUT2D eigenvalue weighted by Crippen LogP contribution is -2.43. The minimum atomic E-state index is -0.237. The van der Waals surface area contributed by atoms with Crippen LogP contribution in [0.2, 0.25) is 0 Å². The highest BCUT2D eigenvalue weighted by Gasteiger charge is 2.22. The van der Waals surface area contributed by atoms with Gasteiger partial charge in [0.05, 0.1) is 6.61 Å². The van der Waals surface area contributed by atoms with Gasteiger partial charge in [0.1, 0.15) is 0 Å². The van der Waals surface area contributed by atoms with Gasteiger partial charge in [-0.15, -0.1) is 0 Å². The van der Waals surface area contributed by atoms with Crippen molar-refractivity contribution in [3.63, 3.8) is 0 Å². The summed E-state index contributed by atoms with van der Waals surface area (Å²) in [4.78, 5) is 2.09. The van der Waals surface area contributed by atoms with Crippen LogP contribution in [-0.2, 0) is 6.54 Å². The minimum absolute atomic E-state index is 0.125. The fourth-order valence-corrected chi connectivity index (χ4v) is 1.68. The number of rotatable bonds is 4. The first-order valence-corrected chi connectivity index (χ1v) is 6.02. The van der Waals surface area contributed by atoms with E-state index in [4.69, 9.17) is 5.73 Å². The van der Waals surface area contributed by atoms with Crippen LogP contribution in [0.5, 0.6) is 0 Å². The Balaban J connectivity index is 2.81. The highest BCUT2D eigenvalue weighted by molar-refractivity contribution is 9.10. The molecule has 0 atom stereocenters. The Hall–Kier alpha value is -0.580. The van der Waals surface area contributed by atoms with E-state index < -0.39 is 0 Å². The van der Waals surface area contributed by atoms with Crippen LogP contribution in [0.15, 0.2) is 22.7 Å². The quantitative estimate of drug-likeness (QED) is 0.835. The molecule has 1 aromatic rings. The van der Waals surface area contributed by atoms with Gasteiger partial charge in [0, 0.05) is 22.2 Å². The second-order valence-corrected chi connectivity index (χ2v) is 5.59. The van der Waals surface area contributed by atoms with Crippen LogP contribution in [0.3, 0.4) is 0 Å². The number of aliphatic hydroxyl groups is 1. The lowest BCUT2D eigenvalue weighted by atomic mass is 10.0. The summed E-state index contributed by atoms with van der Waals surface area (Å²) < 4.78 is 0.984. The Morgan fingerprint density at radius 3 is 2.56 bits per heavy atom. The van der Waals surface area contributed by atoms with Crippen LogP contribution in [0, 0.1) is 0 Å². The van der Waals surface area contributed by atoms with Crippen molar-refractivity contribution in [2.75, 3.05) is 19.4 Å². The Morgan fingerprint density at radius 2 is 2.06 bits per heavy atom. The van der Waals surface area contributed by atoms with Gasteiger partial charge < -0.3 is 10.8 Å².